The SMILES string of the molecule is CN(CC(=O)N1CCOCC1)Cc1cn(C)nn1. The van der Waals surface area contributed by atoms with E-state index in [-0.39, 0.29) is 5.91 Å². The van der Waals surface area contributed by atoms with Crippen LogP contribution in [0.2, 0.25) is 0 Å². The third kappa shape index (κ3) is 3.51. The minimum atomic E-state index is 0.143. The fourth-order valence-electron chi connectivity index (χ4n) is 1.94. The Hall–Kier alpha value is -1.47. The molecule has 1 saturated heterocycles. The summed E-state index contributed by atoms with van der Waals surface area (Å²) in [5.41, 5.74) is 0.870. The Morgan fingerprint density at radius 1 is 1.50 bits per heavy atom. The van der Waals surface area contributed by atoms with Gasteiger partial charge in [-0.05, 0) is 7.05 Å². The molecule has 1 amide bonds. The molecule has 1 fully saturated rings. The topological polar surface area (TPSA) is 63.5 Å². The van der Waals surface area contributed by atoms with Crippen molar-refractivity contribution in [1.82, 2.24) is 24.8 Å². The maximum Gasteiger partial charge on any atom is 0.236 e. The normalized spacial score (nSPS) is 16.3. The zero-order valence-corrected chi connectivity index (χ0v) is 10.9. The predicted molar refractivity (Wildman–Crippen MR) is 64.7 cm³/mol. The third-order valence-electron chi connectivity index (χ3n) is 2.85. The lowest BCUT2D eigenvalue weighted by atomic mass is 10.3. The summed E-state index contributed by atoms with van der Waals surface area (Å²) in [6.07, 6.45) is 1.86. The van der Waals surface area contributed by atoms with Crippen molar-refractivity contribution in [3.05, 3.63) is 11.9 Å². The van der Waals surface area contributed by atoms with Gasteiger partial charge < -0.3 is 9.64 Å². The average Bonchev–Trinajstić information content (AvgIpc) is 2.75. The number of aromatic nitrogens is 3. The lowest BCUT2D eigenvalue weighted by molar-refractivity contribution is -0.136. The molecule has 1 aliphatic heterocycles. The zero-order chi connectivity index (χ0) is 13.0. The van der Waals surface area contributed by atoms with Gasteiger partial charge in [0.1, 0.15) is 0 Å². The number of likely N-dealkylation sites (N-methyl/N-ethyl adjacent to an activating group) is 1. The number of carbonyl (C=O) groups excluding carboxylic acids is 1. The van der Waals surface area contributed by atoms with Crippen molar-refractivity contribution < 1.29 is 9.53 Å². The Labute approximate surface area is 106 Å². The highest BCUT2D eigenvalue weighted by molar-refractivity contribution is 5.78. The molecule has 0 radical (unpaired) electrons. The molecule has 0 atom stereocenters. The first-order chi connectivity index (χ1) is 8.65. The summed E-state index contributed by atoms with van der Waals surface area (Å²) in [7, 11) is 3.74. The van der Waals surface area contributed by atoms with E-state index in [0.29, 0.717) is 39.4 Å². The van der Waals surface area contributed by atoms with E-state index in [4.69, 9.17) is 4.74 Å². The molecule has 0 saturated carbocycles. The van der Waals surface area contributed by atoms with Crippen LogP contribution in [0.15, 0.2) is 6.20 Å². The number of ether oxygens (including phenoxy) is 1. The molecule has 7 nitrogen and oxygen atoms in total. The average molecular weight is 253 g/mol. The highest BCUT2D eigenvalue weighted by atomic mass is 16.5. The summed E-state index contributed by atoms with van der Waals surface area (Å²) in [5, 5.41) is 7.87. The lowest BCUT2D eigenvalue weighted by Crippen LogP contribution is -2.44. The minimum absolute atomic E-state index is 0.143. The smallest absolute Gasteiger partial charge is 0.236 e. The summed E-state index contributed by atoms with van der Waals surface area (Å²) in [6.45, 7) is 3.69. The summed E-state index contributed by atoms with van der Waals surface area (Å²) >= 11 is 0. The van der Waals surface area contributed by atoms with Crippen molar-refractivity contribution in [1.29, 1.82) is 0 Å². The molecule has 100 valence electrons. The number of morpholine rings is 1. The number of aryl methyl sites for hydroxylation is 1. The molecule has 2 rings (SSSR count). The van der Waals surface area contributed by atoms with Gasteiger partial charge in [-0.1, -0.05) is 5.21 Å². The number of nitrogens with zero attached hydrogens (tertiary/aromatic N) is 5. The van der Waals surface area contributed by atoms with Gasteiger partial charge in [-0.15, -0.1) is 5.10 Å². The molecule has 0 unspecified atom stereocenters. The molecule has 1 aliphatic rings. The van der Waals surface area contributed by atoms with Crippen molar-refractivity contribution in [2.24, 2.45) is 7.05 Å². The molecule has 1 aromatic heterocycles. The van der Waals surface area contributed by atoms with Crippen molar-refractivity contribution >= 4 is 5.91 Å². The fourth-order valence-corrected chi connectivity index (χ4v) is 1.94. The standard InChI is InChI=1S/C11H19N5O2/c1-14(7-10-8-15(2)13-12-10)9-11(17)16-3-5-18-6-4-16/h8H,3-7,9H2,1-2H3. The molecule has 7 heteroatoms. The fraction of sp³-hybridized carbons (Fsp3) is 0.727. The Balaban J connectivity index is 1.79. The number of hydrogen-bond acceptors (Lipinski definition) is 5. The van der Waals surface area contributed by atoms with Crippen LogP contribution in [0.25, 0.3) is 0 Å². The molecular formula is C11H19N5O2. The van der Waals surface area contributed by atoms with Gasteiger partial charge in [-0.2, -0.15) is 0 Å². The van der Waals surface area contributed by atoms with Gasteiger partial charge >= 0.3 is 0 Å². The minimum Gasteiger partial charge on any atom is -0.378 e. The first kappa shape index (κ1) is 13.0. The van der Waals surface area contributed by atoms with Crippen molar-refractivity contribution in [2.75, 3.05) is 39.9 Å². The molecule has 1 aromatic rings. The second kappa shape index (κ2) is 5.92. The highest BCUT2D eigenvalue weighted by Crippen LogP contribution is 2.01. The van der Waals surface area contributed by atoms with Crippen LogP contribution in [0.5, 0.6) is 0 Å². The summed E-state index contributed by atoms with van der Waals surface area (Å²) < 4.78 is 6.88. The number of rotatable bonds is 4. The molecule has 18 heavy (non-hydrogen) atoms. The highest BCUT2D eigenvalue weighted by Gasteiger charge is 2.18. The summed E-state index contributed by atoms with van der Waals surface area (Å²) in [6, 6.07) is 0. The number of amides is 1. The van der Waals surface area contributed by atoms with Crippen molar-refractivity contribution in [3.63, 3.8) is 0 Å². The van der Waals surface area contributed by atoms with E-state index in [1.807, 2.05) is 30.1 Å². The van der Waals surface area contributed by atoms with Crippen LogP contribution in [0.3, 0.4) is 0 Å². The predicted octanol–water partition coefficient (Wildman–Crippen LogP) is -0.894. The van der Waals surface area contributed by atoms with Crippen molar-refractivity contribution in [3.8, 4) is 0 Å². The maximum atomic E-state index is 12.0. The van der Waals surface area contributed by atoms with Gasteiger partial charge in [-0.25, -0.2) is 0 Å². The first-order valence-corrected chi connectivity index (χ1v) is 6.04. The maximum absolute atomic E-state index is 12.0. The van der Waals surface area contributed by atoms with Crippen LogP contribution in [-0.2, 0) is 23.1 Å². The summed E-state index contributed by atoms with van der Waals surface area (Å²) in [5.74, 6) is 0.143. The third-order valence-corrected chi connectivity index (χ3v) is 2.85. The Morgan fingerprint density at radius 3 is 2.83 bits per heavy atom. The number of hydrogen-bond donors (Lipinski definition) is 0. The lowest BCUT2D eigenvalue weighted by Gasteiger charge is -2.28. The number of carbonyl (C=O) groups is 1. The second-order valence-corrected chi connectivity index (χ2v) is 4.55. The van der Waals surface area contributed by atoms with Crippen LogP contribution in [0.4, 0.5) is 0 Å². The van der Waals surface area contributed by atoms with Gasteiger partial charge in [0, 0.05) is 32.9 Å². The first-order valence-electron chi connectivity index (χ1n) is 6.04. The molecule has 0 spiro atoms. The molecule has 0 N–H and O–H groups in total. The van der Waals surface area contributed by atoms with E-state index in [1.54, 1.807) is 4.68 Å². The van der Waals surface area contributed by atoms with Crippen LogP contribution < -0.4 is 0 Å². The Kier molecular flexibility index (Phi) is 4.27. The van der Waals surface area contributed by atoms with Gasteiger partial charge in [0.2, 0.25) is 5.91 Å². The van der Waals surface area contributed by atoms with E-state index in [9.17, 15) is 4.79 Å². The Bertz CT molecular complexity index is 400. The van der Waals surface area contributed by atoms with Gasteiger partial charge in [0.05, 0.1) is 25.5 Å². The van der Waals surface area contributed by atoms with Crippen molar-refractivity contribution in [2.45, 2.75) is 6.54 Å². The van der Waals surface area contributed by atoms with Gasteiger partial charge in [0.25, 0.3) is 0 Å². The zero-order valence-electron chi connectivity index (χ0n) is 10.9. The second-order valence-electron chi connectivity index (χ2n) is 4.55. The van der Waals surface area contributed by atoms with E-state index in [0.717, 1.165) is 5.69 Å². The molecule has 0 aliphatic carbocycles. The van der Waals surface area contributed by atoms with Crippen LogP contribution >= 0.6 is 0 Å². The van der Waals surface area contributed by atoms with Gasteiger partial charge in [-0.3, -0.25) is 14.4 Å². The molecule has 0 bridgehead atoms. The molecular weight excluding hydrogens is 234 g/mol. The largest absolute Gasteiger partial charge is 0.378 e. The van der Waals surface area contributed by atoms with Gasteiger partial charge in [0.15, 0.2) is 0 Å². The van der Waals surface area contributed by atoms with Crippen LogP contribution in [0.1, 0.15) is 5.69 Å². The van der Waals surface area contributed by atoms with E-state index in [1.165, 1.54) is 0 Å². The molecule has 0 aromatic carbocycles. The quantitative estimate of drug-likeness (QED) is 0.696. The van der Waals surface area contributed by atoms with Crippen LogP contribution in [-0.4, -0.2) is 70.6 Å². The van der Waals surface area contributed by atoms with E-state index in [2.05, 4.69) is 10.3 Å². The summed E-state index contributed by atoms with van der Waals surface area (Å²) in [4.78, 5) is 15.8. The van der Waals surface area contributed by atoms with E-state index >= 15 is 0 Å². The van der Waals surface area contributed by atoms with E-state index < -0.39 is 0 Å². The van der Waals surface area contributed by atoms with Crippen LogP contribution in [0, 0.1) is 0 Å². The Morgan fingerprint density at radius 2 is 2.22 bits per heavy atom. The monoisotopic (exact) mass is 253 g/mol. The molecule has 2 heterocycles.